The van der Waals surface area contributed by atoms with Gasteiger partial charge >= 0.3 is 0 Å². The van der Waals surface area contributed by atoms with Gasteiger partial charge in [-0.3, -0.25) is 0 Å². The summed E-state index contributed by atoms with van der Waals surface area (Å²) in [7, 11) is 4.84. The van der Waals surface area contributed by atoms with Crippen LogP contribution in [0, 0.1) is 11.8 Å². The van der Waals surface area contributed by atoms with E-state index in [4.69, 9.17) is 14.2 Å². The quantitative estimate of drug-likeness (QED) is 0.798. The predicted molar refractivity (Wildman–Crippen MR) is 92.4 cm³/mol. The SMILES string of the molecule is COc1ccc(C(C)(C)C#Cc2ccccc2)c(OC)c1OC. The van der Waals surface area contributed by atoms with E-state index in [-0.39, 0.29) is 0 Å². The van der Waals surface area contributed by atoms with E-state index in [1.807, 2.05) is 42.5 Å². The molecule has 0 N–H and O–H groups in total. The van der Waals surface area contributed by atoms with Crippen molar-refractivity contribution in [3.8, 4) is 29.1 Å². The normalized spacial score (nSPS) is 10.5. The Labute approximate surface area is 138 Å². The largest absolute Gasteiger partial charge is 0.493 e. The second-order valence-corrected chi connectivity index (χ2v) is 5.62. The van der Waals surface area contributed by atoms with E-state index >= 15 is 0 Å². The van der Waals surface area contributed by atoms with Crippen LogP contribution in [0.4, 0.5) is 0 Å². The van der Waals surface area contributed by atoms with Gasteiger partial charge in [0.15, 0.2) is 11.5 Å². The molecule has 0 amide bonds. The van der Waals surface area contributed by atoms with Crippen LogP contribution in [0.2, 0.25) is 0 Å². The molecule has 0 aliphatic rings. The molecule has 23 heavy (non-hydrogen) atoms. The van der Waals surface area contributed by atoms with E-state index in [2.05, 4.69) is 25.7 Å². The molecule has 3 heteroatoms. The number of rotatable bonds is 4. The maximum absolute atomic E-state index is 5.58. The summed E-state index contributed by atoms with van der Waals surface area (Å²) >= 11 is 0. The third kappa shape index (κ3) is 3.60. The number of hydrogen-bond acceptors (Lipinski definition) is 3. The number of methoxy groups -OCH3 is 3. The molecule has 0 atom stereocenters. The summed E-state index contributed by atoms with van der Waals surface area (Å²) in [5.41, 5.74) is 1.54. The van der Waals surface area contributed by atoms with Crippen molar-refractivity contribution in [2.45, 2.75) is 19.3 Å². The highest BCUT2D eigenvalue weighted by atomic mass is 16.5. The van der Waals surface area contributed by atoms with Crippen molar-refractivity contribution in [3.05, 3.63) is 53.6 Å². The topological polar surface area (TPSA) is 27.7 Å². The average molecular weight is 310 g/mol. The standard InChI is InChI=1S/C20H22O3/c1-20(2,14-13-15-9-7-6-8-10-15)16-11-12-17(21-3)19(23-5)18(16)22-4/h6-12H,1-5H3. The van der Waals surface area contributed by atoms with Gasteiger partial charge in [0.25, 0.3) is 0 Å². The maximum Gasteiger partial charge on any atom is 0.203 e. The highest BCUT2D eigenvalue weighted by Gasteiger charge is 2.26. The third-order valence-electron chi connectivity index (χ3n) is 3.67. The summed E-state index contributed by atoms with van der Waals surface area (Å²) < 4.78 is 16.4. The lowest BCUT2D eigenvalue weighted by Crippen LogP contribution is -2.16. The molecule has 2 aromatic rings. The molecule has 0 unspecified atom stereocenters. The van der Waals surface area contributed by atoms with Gasteiger partial charge in [-0.2, -0.15) is 0 Å². The maximum atomic E-state index is 5.58. The fraction of sp³-hybridized carbons (Fsp3) is 0.300. The van der Waals surface area contributed by atoms with Gasteiger partial charge in [0.05, 0.1) is 26.7 Å². The van der Waals surface area contributed by atoms with Crippen molar-refractivity contribution >= 4 is 0 Å². The number of hydrogen-bond donors (Lipinski definition) is 0. The summed E-state index contributed by atoms with van der Waals surface area (Å²) in [5.74, 6) is 8.43. The molecular weight excluding hydrogens is 288 g/mol. The van der Waals surface area contributed by atoms with Crippen LogP contribution in [0.3, 0.4) is 0 Å². The van der Waals surface area contributed by atoms with E-state index < -0.39 is 5.41 Å². The molecule has 2 rings (SSSR count). The minimum atomic E-state index is -0.402. The van der Waals surface area contributed by atoms with Gasteiger partial charge in [-0.05, 0) is 38.1 Å². The third-order valence-corrected chi connectivity index (χ3v) is 3.67. The molecule has 120 valence electrons. The molecule has 0 fully saturated rings. The Hall–Kier alpha value is -2.60. The first-order valence-electron chi connectivity index (χ1n) is 7.41. The van der Waals surface area contributed by atoms with Gasteiger partial charge < -0.3 is 14.2 Å². The zero-order valence-corrected chi connectivity index (χ0v) is 14.3. The summed E-state index contributed by atoms with van der Waals surface area (Å²) in [4.78, 5) is 0. The van der Waals surface area contributed by atoms with Crippen molar-refractivity contribution in [1.82, 2.24) is 0 Å². The van der Waals surface area contributed by atoms with E-state index in [0.717, 1.165) is 11.1 Å². The zero-order chi connectivity index (χ0) is 16.9. The molecule has 2 aromatic carbocycles. The Kier molecular flexibility index (Phi) is 5.18. The first-order chi connectivity index (χ1) is 11.0. The molecule has 0 aromatic heterocycles. The van der Waals surface area contributed by atoms with Gasteiger partial charge in [-0.25, -0.2) is 0 Å². The fourth-order valence-corrected chi connectivity index (χ4v) is 2.41. The Balaban J connectivity index is 2.50. The van der Waals surface area contributed by atoms with Crippen molar-refractivity contribution < 1.29 is 14.2 Å². The van der Waals surface area contributed by atoms with Gasteiger partial charge in [0.2, 0.25) is 5.75 Å². The van der Waals surface area contributed by atoms with Crippen LogP contribution >= 0.6 is 0 Å². The minimum Gasteiger partial charge on any atom is -0.493 e. The molecule has 0 aliphatic carbocycles. The lowest BCUT2D eigenvalue weighted by Gasteiger charge is -2.23. The summed E-state index contributed by atoms with van der Waals surface area (Å²) in [6.07, 6.45) is 0. The van der Waals surface area contributed by atoms with Gasteiger partial charge in [0.1, 0.15) is 0 Å². The van der Waals surface area contributed by atoms with E-state index in [1.165, 1.54) is 0 Å². The fourth-order valence-electron chi connectivity index (χ4n) is 2.41. The molecule has 0 saturated carbocycles. The second-order valence-electron chi connectivity index (χ2n) is 5.62. The van der Waals surface area contributed by atoms with Gasteiger partial charge in [-0.15, -0.1) is 0 Å². The number of benzene rings is 2. The Morgan fingerprint density at radius 1 is 0.783 bits per heavy atom. The van der Waals surface area contributed by atoms with E-state index in [1.54, 1.807) is 21.3 Å². The van der Waals surface area contributed by atoms with Crippen molar-refractivity contribution in [2.24, 2.45) is 0 Å². The van der Waals surface area contributed by atoms with Gasteiger partial charge in [-0.1, -0.05) is 30.0 Å². The smallest absolute Gasteiger partial charge is 0.203 e. The van der Waals surface area contributed by atoms with Crippen LogP contribution < -0.4 is 14.2 Å². The lowest BCUT2D eigenvalue weighted by atomic mass is 9.84. The lowest BCUT2D eigenvalue weighted by molar-refractivity contribution is 0.320. The molecule has 0 aliphatic heterocycles. The summed E-state index contributed by atoms with van der Waals surface area (Å²) in [5, 5.41) is 0. The highest BCUT2D eigenvalue weighted by molar-refractivity contribution is 5.59. The van der Waals surface area contributed by atoms with Crippen LogP contribution in [0.5, 0.6) is 17.2 Å². The molecule has 0 heterocycles. The van der Waals surface area contributed by atoms with Crippen molar-refractivity contribution in [2.75, 3.05) is 21.3 Å². The minimum absolute atomic E-state index is 0.402. The van der Waals surface area contributed by atoms with E-state index in [9.17, 15) is 0 Å². The van der Waals surface area contributed by atoms with E-state index in [0.29, 0.717) is 17.2 Å². The van der Waals surface area contributed by atoms with Crippen LogP contribution in [-0.2, 0) is 5.41 Å². The van der Waals surface area contributed by atoms with Crippen molar-refractivity contribution in [3.63, 3.8) is 0 Å². The summed E-state index contributed by atoms with van der Waals surface area (Å²) in [6.45, 7) is 4.12. The van der Waals surface area contributed by atoms with Crippen LogP contribution in [0.15, 0.2) is 42.5 Å². The van der Waals surface area contributed by atoms with Crippen LogP contribution in [0.1, 0.15) is 25.0 Å². The zero-order valence-electron chi connectivity index (χ0n) is 14.3. The van der Waals surface area contributed by atoms with Crippen molar-refractivity contribution in [1.29, 1.82) is 0 Å². The average Bonchev–Trinajstić information content (AvgIpc) is 2.59. The van der Waals surface area contributed by atoms with Crippen LogP contribution in [-0.4, -0.2) is 21.3 Å². The first-order valence-corrected chi connectivity index (χ1v) is 7.41. The molecule has 0 saturated heterocycles. The predicted octanol–water partition coefficient (Wildman–Crippen LogP) is 4.04. The van der Waals surface area contributed by atoms with Gasteiger partial charge in [0, 0.05) is 11.1 Å². The Bertz CT molecular complexity index is 722. The second kappa shape index (κ2) is 7.11. The summed E-state index contributed by atoms with van der Waals surface area (Å²) in [6, 6.07) is 13.8. The molecule has 3 nitrogen and oxygen atoms in total. The Morgan fingerprint density at radius 2 is 1.43 bits per heavy atom. The molecular formula is C20H22O3. The monoisotopic (exact) mass is 310 g/mol. The number of ether oxygens (including phenoxy) is 3. The highest BCUT2D eigenvalue weighted by Crippen LogP contribution is 2.44. The molecule has 0 bridgehead atoms. The Morgan fingerprint density at radius 3 is 2.00 bits per heavy atom. The molecule has 0 radical (unpaired) electrons. The van der Waals surface area contributed by atoms with Crippen LogP contribution in [0.25, 0.3) is 0 Å². The molecule has 0 spiro atoms. The first kappa shape index (κ1) is 16.8.